The molecule has 1 N–H and O–H groups in total. The quantitative estimate of drug-likeness (QED) is 0.784. The van der Waals surface area contributed by atoms with Gasteiger partial charge in [0, 0.05) is 27.5 Å². The molecule has 13 heavy (non-hydrogen) atoms. The maximum absolute atomic E-state index is 3.42. The Morgan fingerprint density at radius 1 is 1.38 bits per heavy atom. The number of nitrogens with one attached hydrogen (secondary N) is 1. The number of rotatable bonds is 3. The lowest BCUT2D eigenvalue weighted by atomic mass is 10.2. The van der Waals surface area contributed by atoms with Gasteiger partial charge in [0.2, 0.25) is 0 Å². The molecule has 0 amide bonds. The van der Waals surface area contributed by atoms with Gasteiger partial charge in [0.25, 0.3) is 0 Å². The Morgan fingerprint density at radius 2 is 2.08 bits per heavy atom. The van der Waals surface area contributed by atoms with Crippen LogP contribution in [0.1, 0.15) is 27.2 Å². The Morgan fingerprint density at radius 3 is 2.54 bits per heavy atom. The van der Waals surface area contributed by atoms with Crippen molar-refractivity contribution >= 4 is 23.5 Å². The van der Waals surface area contributed by atoms with Crippen LogP contribution < -0.4 is 5.32 Å². The van der Waals surface area contributed by atoms with Crippen molar-refractivity contribution in [3.8, 4) is 0 Å². The van der Waals surface area contributed by atoms with E-state index in [1.165, 1.54) is 12.2 Å². The molecule has 0 aromatic carbocycles. The van der Waals surface area contributed by atoms with Gasteiger partial charge in [-0.25, -0.2) is 0 Å². The number of hydrogen-bond donors (Lipinski definition) is 1. The summed E-state index contributed by atoms with van der Waals surface area (Å²) in [4.78, 5) is 0. The van der Waals surface area contributed by atoms with Crippen molar-refractivity contribution in [1.82, 2.24) is 5.32 Å². The zero-order valence-corrected chi connectivity index (χ0v) is 10.7. The van der Waals surface area contributed by atoms with E-state index in [2.05, 4.69) is 56.7 Å². The van der Waals surface area contributed by atoms with Crippen molar-refractivity contribution in [2.75, 3.05) is 12.8 Å². The highest BCUT2D eigenvalue weighted by molar-refractivity contribution is 8.07. The fraction of sp³-hybridized carbons (Fsp3) is 1.00. The van der Waals surface area contributed by atoms with Gasteiger partial charge in [-0.2, -0.15) is 23.5 Å². The predicted octanol–water partition coefficient (Wildman–Crippen LogP) is 2.61. The monoisotopic (exact) mass is 219 g/mol. The molecule has 1 saturated heterocycles. The van der Waals surface area contributed by atoms with E-state index in [0.29, 0.717) is 6.04 Å². The van der Waals surface area contributed by atoms with Crippen LogP contribution in [0.15, 0.2) is 0 Å². The second-order valence-electron chi connectivity index (χ2n) is 3.72. The lowest BCUT2D eigenvalue weighted by Crippen LogP contribution is -2.41. The van der Waals surface area contributed by atoms with Crippen LogP contribution in [0.25, 0.3) is 0 Å². The van der Waals surface area contributed by atoms with Crippen molar-refractivity contribution in [2.24, 2.45) is 0 Å². The van der Waals surface area contributed by atoms with Crippen LogP contribution in [0.5, 0.6) is 0 Å². The van der Waals surface area contributed by atoms with E-state index < -0.39 is 0 Å². The predicted molar refractivity (Wildman–Crippen MR) is 65.9 cm³/mol. The van der Waals surface area contributed by atoms with E-state index >= 15 is 0 Å². The molecule has 0 saturated carbocycles. The van der Waals surface area contributed by atoms with E-state index in [1.807, 2.05) is 0 Å². The van der Waals surface area contributed by atoms with Gasteiger partial charge < -0.3 is 5.32 Å². The first kappa shape index (κ1) is 11.7. The molecule has 4 unspecified atom stereocenters. The van der Waals surface area contributed by atoms with Crippen LogP contribution in [-0.4, -0.2) is 34.6 Å². The van der Waals surface area contributed by atoms with Gasteiger partial charge in [0.1, 0.15) is 0 Å². The topological polar surface area (TPSA) is 12.0 Å². The third-order valence-electron chi connectivity index (χ3n) is 2.83. The molecule has 78 valence electrons. The molecule has 1 nitrogen and oxygen atoms in total. The molecule has 0 aliphatic carbocycles. The molecule has 0 aromatic heterocycles. The smallest absolute Gasteiger partial charge is 0.0294 e. The zero-order chi connectivity index (χ0) is 9.84. The van der Waals surface area contributed by atoms with E-state index in [9.17, 15) is 0 Å². The zero-order valence-electron chi connectivity index (χ0n) is 9.04. The summed E-state index contributed by atoms with van der Waals surface area (Å²) in [6, 6.07) is 0.701. The Balaban J connectivity index is 2.44. The van der Waals surface area contributed by atoms with Crippen LogP contribution in [0, 0.1) is 0 Å². The molecule has 0 bridgehead atoms. The van der Waals surface area contributed by atoms with Gasteiger partial charge in [-0.3, -0.25) is 0 Å². The summed E-state index contributed by atoms with van der Waals surface area (Å²) in [5, 5.41) is 5.87. The van der Waals surface area contributed by atoms with E-state index in [1.54, 1.807) is 0 Å². The first-order chi connectivity index (χ1) is 6.19. The van der Waals surface area contributed by atoms with Crippen molar-refractivity contribution in [3.63, 3.8) is 0 Å². The molecular weight excluding hydrogens is 198 g/mol. The summed E-state index contributed by atoms with van der Waals surface area (Å²) in [6.07, 6.45) is 1.25. The minimum Gasteiger partial charge on any atom is -0.316 e. The molecule has 0 aromatic rings. The standard InChI is InChI=1S/C10H21NS2/c1-5-9(11-4)10-6-12-7(2)8(3)13-10/h7-11H,5-6H2,1-4H3. The van der Waals surface area contributed by atoms with Crippen molar-refractivity contribution in [2.45, 2.75) is 49.0 Å². The van der Waals surface area contributed by atoms with Crippen molar-refractivity contribution in [3.05, 3.63) is 0 Å². The minimum absolute atomic E-state index is 0.701. The van der Waals surface area contributed by atoms with Crippen LogP contribution in [0.4, 0.5) is 0 Å². The fourth-order valence-corrected chi connectivity index (χ4v) is 4.94. The molecular formula is C10H21NS2. The number of hydrogen-bond acceptors (Lipinski definition) is 3. The van der Waals surface area contributed by atoms with Gasteiger partial charge in [-0.05, 0) is 13.5 Å². The average Bonchev–Trinajstić information content (AvgIpc) is 2.13. The summed E-state index contributed by atoms with van der Waals surface area (Å²) in [6.45, 7) is 6.98. The SMILES string of the molecule is CCC(NC)C1CSC(C)C(C)S1. The normalized spacial score (nSPS) is 37.4. The lowest BCUT2D eigenvalue weighted by Gasteiger charge is -2.35. The summed E-state index contributed by atoms with van der Waals surface area (Å²) < 4.78 is 0. The Kier molecular flexibility index (Phi) is 4.98. The molecule has 1 heterocycles. The summed E-state index contributed by atoms with van der Waals surface area (Å²) >= 11 is 4.30. The molecule has 3 heteroatoms. The van der Waals surface area contributed by atoms with Crippen molar-refractivity contribution < 1.29 is 0 Å². The maximum Gasteiger partial charge on any atom is 0.0294 e. The van der Waals surface area contributed by atoms with Gasteiger partial charge in [-0.1, -0.05) is 20.8 Å². The summed E-state index contributed by atoms with van der Waals surface area (Å²) in [5.74, 6) is 1.32. The highest BCUT2D eigenvalue weighted by atomic mass is 32.2. The van der Waals surface area contributed by atoms with Gasteiger partial charge in [0.05, 0.1) is 0 Å². The van der Waals surface area contributed by atoms with Crippen molar-refractivity contribution in [1.29, 1.82) is 0 Å². The largest absolute Gasteiger partial charge is 0.316 e. The molecule has 1 aliphatic rings. The van der Waals surface area contributed by atoms with E-state index in [-0.39, 0.29) is 0 Å². The third-order valence-corrected chi connectivity index (χ3v) is 6.38. The fourth-order valence-electron chi connectivity index (χ4n) is 1.67. The average molecular weight is 219 g/mol. The van der Waals surface area contributed by atoms with Crippen LogP contribution in [0.2, 0.25) is 0 Å². The molecule has 1 fully saturated rings. The molecule has 0 radical (unpaired) electrons. The molecule has 0 spiro atoms. The second kappa shape index (κ2) is 5.52. The first-order valence-electron chi connectivity index (χ1n) is 5.13. The highest BCUT2D eigenvalue weighted by Gasteiger charge is 2.29. The van der Waals surface area contributed by atoms with Crippen LogP contribution in [0.3, 0.4) is 0 Å². The molecule has 4 atom stereocenters. The van der Waals surface area contributed by atoms with E-state index in [4.69, 9.17) is 0 Å². The van der Waals surface area contributed by atoms with Gasteiger partial charge in [-0.15, -0.1) is 0 Å². The third kappa shape index (κ3) is 3.07. The summed E-state index contributed by atoms with van der Waals surface area (Å²) in [7, 11) is 2.09. The summed E-state index contributed by atoms with van der Waals surface area (Å²) in [5.41, 5.74) is 0. The van der Waals surface area contributed by atoms with Gasteiger partial charge in [0.15, 0.2) is 0 Å². The second-order valence-corrected chi connectivity index (χ2v) is 6.75. The highest BCUT2D eigenvalue weighted by Crippen LogP contribution is 2.37. The maximum atomic E-state index is 3.42. The van der Waals surface area contributed by atoms with E-state index in [0.717, 1.165) is 15.7 Å². The molecule has 1 aliphatic heterocycles. The Hall–Kier alpha value is 0.660. The number of thioether (sulfide) groups is 2. The Bertz CT molecular complexity index is 148. The first-order valence-corrected chi connectivity index (χ1v) is 7.12. The lowest BCUT2D eigenvalue weighted by molar-refractivity contribution is 0.541. The minimum atomic E-state index is 0.701. The van der Waals surface area contributed by atoms with Crippen LogP contribution in [-0.2, 0) is 0 Å². The van der Waals surface area contributed by atoms with Crippen LogP contribution >= 0.6 is 23.5 Å². The van der Waals surface area contributed by atoms with Gasteiger partial charge >= 0.3 is 0 Å². The molecule has 1 rings (SSSR count). The Labute approximate surface area is 90.8 Å².